The summed E-state index contributed by atoms with van der Waals surface area (Å²) < 4.78 is 11.4. The molecule has 0 radical (unpaired) electrons. The fraction of sp³-hybridized carbons (Fsp3) is 0.375. The maximum absolute atomic E-state index is 6.21. The van der Waals surface area contributed by atoms with Crippen molar-refractivity contribution in [3.05, 3.63) is 51.4 Å². The van der Waals surface area contributed by atoms with Crippen LogP contribution >= 0.6 is 23.2 Å². The van der Waals surface area contributed by atoms with Gasteiger partial charge in [0.1, 0.15) is 17.3 Å². The predicted molar refractivity (Wildman–Crippen MR) is 84.3 cm³/mol. The molecule has 2 heterocycles. The quantitative estimate of drug-likeness (QED) is 0.855. The van der Waals surface area contributed by atoms with Crippen LogP contribution in [0.3, 0.4) is 0 Å². The van der Waals surface area contributed by atoms with E-state index in [9.17, 15) is 0 Å². The molecular formula is C16H17Cl2NO2. The standard InChI is InChI=1S/C16H17Cl2NO2/c1-9-3-4-15(21-9)10(2)19-14-5-6-20-16-12(14)7-11(17)8-13(16)18/h3-4,7-8,10,14,19H,5-6H2,1-2H3. The average Bonchev–Trinajstić information content (AvgIpc) is 2.86. The van der Waals surface area contributed by atoms with Crippen LogP contribution in [0.2, 0.25) is 10.0 Å². The molecule has 5 heteroatoms. The highest BCUT2D eigenvalue weighted by Crippen LogP contribution is 2.40. The van der Waals surface area contributed by atoms with Gasteiger partial charge in [-0.25, -0.2) is 0 Å². The summed E-state index contributed by atoms with van der Waals surface area (Å²) in [5.74, 6) is 2.57. The average molecular weight is 326 g/mol. The summed E-state index contributed by atoms with van der Waals surface area (Å²) in [6, 6.07) is 7.85. The summed E-state index contributed by atoms with van der Waals surface area (Å²) in [4.78, 5) is 0. The first-order valence-electron chi connectivity index (χ1n) is 6.98. The first kappa shape index (κ1) is 14.8. The van der Waals surface area contributed by atoms with Gasteiger partial charge in [-0.3, -0.25) is 0 Å². The van der Waals surface area contributed by atoms with E-state index in [0.717, 1.165) is 29.3 Å². The molecule has 2 unspecified atom stereocenters. The zero-order chi connectivity index (χ0) is 15.0. The summed E-state index contributed by atoms with van der Waals surface area (Å²) in [6.45, 7) is 4.66. The van der Waals surface area contributed by atoms with Gasteiger partial charge in [0.25, 0.3) is 0 Å². The highest BCUT2D eigenvalue weighted by Gasteiger charge is 2.26. The third kappa shape index (κ3) is 3.05. The molecule has 0 saturated carbocycles. The second-order valence-electron chi connectivity index (χ2n) is 5.33. The van der Waals surface area contributed by atoms with Crippen molar-refractivity contribution in [3.63, 3.8) is 0 Å². The molecule has 112 valence electrons. The number of aryl methyl sites for hydroxylation is 1. The number of hydrogen-bond donors (Lipinski definition) is 1. The molecule has 0 saturated heterocycles. The fourth-order valence-electron chi connectivity index (χ4n) is 2.67. The third-order valence-corrected chi connectivity index (χ3v) is 4.20. The number of rotatable bonds is 3. The topological polar surface area (TPSA) is 34.4 Å². The summed E-state index contributed by atoms with van der Waals surface area (Å²) in [5, 5.41) is 4.75. The number of fused-ring (bicyclic) bond motifs is 1. The Labute approximate surface area is 134 Å². The van der Waals surface area contributed by atoms with Crippen LogP contribution in [0.25, 0.3) is 0 Å². The van der Waals surface area contributed by atoms with Gasteiger partial charge in [-0.2, -0.15) is 0 Å². The van der Waals surface area contributed by atoms with Gasteiger partial charge in [-0.15, -0.1) is 0 Å². The zero-order valence-corrected chi connectivity index (χ0v) is 13.5. The monoisotopic (exact) mass is 325 g/mol. The number of ether oxygens (including phenoxy) is 1. The van der Waals surface area contributed by atoms with Crippen molar-refractivity contribution in [3.8, 4) is 5.75 Å². The van der Waals surface area contributed by atoms with Crippen LogP contribution in [-0.4, -0.2) is 6.61 Å². The molecule has 21 heavy (non-hydrogen) atoms. The molecule has 1 aliphatic heterocycles. The summed E-state index contributed by atoms with van der Waals surface area (Å²) in [6.07, 6.45) is 0.869. The second kappa shape index (κ2) is 5.91. The first-order valence-corrected chi connectivity index (χ1v) is 7.74. The molecule has 3 rings (SSSR count). The summed E-state index contributed by atoms with van der Waals surface area (Å²) >= 11 is 12.3. The molecule has 0 fully saturated rings. The van der Waals surface area contributed by atoms with Crippen molar-refractivity contribution in [1.82, 2.24) is 5.32 Å². The van der Waals surface area contributed by atoms with Crippen LogP contribution in [0.5, 0.6) is 5.75 Å². The molecule has 3 nitrogen and oxygen atoms in total. The van der Waals surface area contributed by atoms with Gasteiger partial charge < -0.3 is 14.5 Å². The van der Waals surface area contributed by atoms with Gasteiger partial charge in [-0.05, 0) is 38.1 Å². The van der Waals surface area contributed by atoms with E-state index in [4.69, 9.17) is 32.4 Å². The van der Waals surface area contributed by atoms with Crippen molar-refractivity contribution in [2.75, 3.05) is 6.61 Å². The van der Waals surface area contributed by atoms with Crippen LogP contribution in [0.15, 0.2) is 28.7 Å². The van der Waals surface area contributed by atoms with Crippen LogP contribution in [0.1, 0.15) is 42.5 Å². The van der Waals surface area contributed by atoms with Gasteiger partial charge in [0.05, 0.1) is 17.7 Å². The molecular weight excluding hydrogens is 309 g/mol. The van der Waals surface area contributed by atoms with Gasteiger partial charge in [0.2, 0.25) is 0 Å². The SMILES string of the molecule is Cc1ccc(C(C)NC2CCOc3c(Cl)cc(Cl)cc32)o1. The lowest BCUT2D eigenvalue weighted by atomic mass is 9.99. The van der Waals surface area contributed by atoms with E-state index >= 15 is 0 Å². The molecule has 1 aliphatic rings. The van der Waals surface area contributed by atoms with Crippen molar-refractivity contribution in [2.24, 2.45) is 0 Å². The Hall–Kier alpha value is -1.16. The molecule has 1 N–H and O–H groups in total. The van der Waals surface area contributed by atoms with Crippen LogP contribution in [0, 0.1) is 6.92 Å². The Kier molecular flexibility index (Phi) is 4.16. The molecule has 0 amide bonds. The third-order valence-electron chi connectivity index (χ3n) is 3.70. The van der Waals surface area contributed by atoms with E-state index in [1.165, 1.54) is 0 Å². The van der Waals surface area contributed by atoms with E-state index in [0.29, 0.717) is 16.7 Å². The first-order chi connectivity index (χ1) is 10.0. The Bertz CT molecular complexity index is 654. The van der Waals surface area contributed by atoms with Crippen molar-refractivity contribution >= 4 is 23.2 Å². The van der Waals surface area contributed by atoms with Crippen molar-refractivity contribution in [1.29, 1.82) is 0 Å². The summed E-state index contributed by atoms with van der Waals surface area (Å²) in [7, 11) is 0. The van der Waals surface area contributed by atoms with E-state index in [2.05, 4.69) is 12.2 Å². The number of benzene rings is 1. The lowest BCUT2D eigenvalue weighted by Crippen LogP contribution is -2.29. The van der Waals surface area contributed by atoms with Crippen LogP contribution < -0.4 is 10.1 Å². The van der Waals surface area contributed by atoms with Crippen molar-refractivity contribution < 1.29 is 9.15 Å². The lowest BCUT2D eigenvalue weighted by Gasteiger charge is -2.29. The van der Waals surface area contributed by atoms with Crippen LogP contribution in [-0.2, 0) is 0 Å². The van der Waals surface area contributed by atoms with E-state index in [1.54, 1.807) is 6.07 Å². The Morgan fingerprint density at radius 1 is 1.29 bits per heavy atom. The Morgan fingerprint density at radius 3 is 2.81 bits per heavy atom. The second-order valence-corrected chi connectivity index (χ2v) is 6.18. The molecule has 1 aromatic heterocycles. The van der Waals surface area contributed by atoms with Gasteiger partial charge in [-0.1, -0.05) is 23.2 Å². The maximum atomic E-state index is 6.21. The Morgan fingerprint density at radius 2 is 2.10 bits per heavy atom. The Balaban J connectivity index is 1.85. The highest BCUT2D eigenvalue weighted by atomic mass is 35.5. The van der Waals surface area contributed by atoms with Gasteiger partial charge >= 0.3 is 0 Å². The van der Waals surface area contributed by atoms with Crippen LogP contribution in [0.4, 0.5) is 0 Å². The van der Waals surface area contributed by atoms with E-state index in [1.807, 2.05) is 25.1 Å². The molecule has 2 atom stereocenters. The zero-order valence-electron chi connectivity index (χ0n) is 12.0. The molecule has 1 aromatic carbocycles. The maximum Gasteiger partial charge on any atom is 0.142 e. The van der Waals surface area contributed by atoms with Gasteiger partial charge in [0.15, 0.2) is 0 Å². The molecule has 2 aromatic rings. The van der Waals surface area contributed by atoms with E-state index < -0.39 is 0 Å². The fourth-order valence-corrected chi connectivity index (χ4v) is 3.23. The highest BCUT2D eigenvalue weighted by molar-refractivity contribution is 6.35. The molecule has 0 aliphatic carbocycles. The van der Waals surface area contributed by atoms with Crippen molar-refractivity contribution in [2.45, 2.75) is 32.4 Å². The predicted octanol–water partition coefficient (Wildman–Crippen LogP) is 5.07. The number of furan rings is 1. The number of nitrogens with one attached hydrogen (secondary N) is 1. The number of halogens is 2. The summed E-state index contributed by atoms with van der Waals surface area (Å²) in [5.41, 5.74) is 1.01. The van der Waals surface area contributed by atoms with Gasteiger partial charge in [0, 0.05) is 23.0 Å². The van der Waals surface area contributed by atoms with E-state index in [-0.39, 0.29) is 12.1 Å². The normalized spacial score (nSPS) is 19.0. The molecule has 0 spiro atoms. The largest absolute Gasteiger partial charge is 0.492 e. The minimum atomic E-state index is 0.104. The minimum absolute atomic E-state index is 0.104. The smallest absolute Gasteiger partial charge is 0.142 e. The molecule has 0 bridgehead atoms. The number of hydrogen-bond acceptors (Lipinski definition) is 3. The lowest BCUT2D eigenvalue weighted by molar-refractivity contribution is 0.241. The minimum Gasteiger partial charge on any atom is -0.492 e.